The quantitative estimate of drug-likeness (QED) is 0.810. The van der Waals surface area contributed by atoms with Crippen molar-refractivity contribution in [1.82, 2.24) is 20.0 Å². The average molecular weight is 299 g/mol. The number of hydrogen-bond donors (Lipinski definition) is 0. The van der Waals surface area contributed by atoms with E-state index in [1.54, 1.807) is 10.9 Å². The molecule has 0 aromatic carbocycles. The summed E-state index contributed by atoms with van der Waals surface area (Å²) in [6, 6.07) is 4.01. The maximum Gasteiger partial charge on any atom is 0.172 e. The van der Waals surface area contributed by atoms with Gasteiger partial charge in [-0.05, 0) is 37.3 Å². The van der Waals surface area contributed by atoms with Gasteiger partial charge in [-0.15, -0.1) is 5.10 Å². The van der Waals surface area contributed by atoms with Crippen LogP contribution in [0.5, 0.6) is 0 Å². The van der Waals surface area contributed by atoms with Crippen LogP contribution in [0.15, 0.2) is 18.3 Å². The molecule has 1 saturated heterocycles. The van der Waals surface area contributed by atoms with Gasteiger partial charge in [0.2, 0.25) is 0 Å². The second-order valence-electron chi connectivity index (χ2n) is 5.85. The lowest BCUT2D eigenvalue weighted by atomic mass is 9.99. The summed E-state index contributed by atoms with van der Waals surface area (Å²) in [6.07, 6.45) is 5.69. The molecule has 0 aliphatic carbocycles. The van der Waals surface area contributed by atoms with Crippen LogP contribution in [0, 0.1) is 5.92 Å². The highest BCUT2D eigenvalue weighted by atomic mass is 16.1. The van der Waals surface area contributed by atoms with Crippen molar-refractivity contribution in [3.05, 3.63) is 29.7 Å². The predicted octanol–water partition coefficient (Wildman–Crippen LogP) is 2.27. The third-order valence-electron chi connectivity index (χ3n) is 4.32. The van der Waals surface area contributed by atoms with Crippen molar-refractivity contribution in [2.75, 3.05) is 18.0 Å². The molecular formula is C16H21N5O. The van der Waals surface area contributed by atoms with Crippen LogP contribution in [0.3, 0.4) is 0 Å². The standard InChI is InChI=1S/C16H21N5O/c1-3-15-14(11-22)18-19-21(15)13-4-5-16(17-10-13)20-8-6-12(2)7-9-20/h4-5,10-12H,3,6-9H2,1-2H3. The van der Waals surface area contributed by atoms with Gasteiger partial charge >= 0.3 is 0 Å². The first-order valence-corrected chi connectivity index (χ1v) is 7.84. The summed E-state index contributed by atoms with van der Waals surface area (Å²) in [5.41, 5.74) is 2.06. The largest absolute Gasteiger partial charge is 0.357 e. The summed E-state index contributed by atoms with van der Waals surface area (Å²) >= 11 is 0. The molecule has 0 unspecified atom stereocenters. The molecule has 3 heterocycles. The van der Waals surface area contributed by atoms with E-state index in [2.05, 4.69) is 27.1 Å². The lowest BCUT2D eigenvalue weighted by Crippen LogP contribution is -2.33. The maximum absolute atomic E-state index is 11.0. The van der Waals surface area contributed by atoms with Crippen molar-refractivity contribution in [3.8, 4) is 5.69 Å². The maximum atomic E-state index is 11.0. The van der Waals surface area contributed by atoms with E-state index in [9.17, 15) is 4.79 Å². The van der Waals surface area contributed by atoms with Crippen molar-refractivity contribution < 1.29 is 4.79 Å². The van der Waals surface area contributed by atoms with E-state index in [-0.39, 0.29) is 0 Å². The zero-order valence-corrected chi connectivity index (χ0v) is 13.1. The van der Waals surface area contributed by atoms with Crippen LogP contribution in [-0.4, -0.2) is 39.4 Å². The molecule has 1 aliphatic heterocycles. The van der Waals surface area contributed by atoms with Crippen LogP contribution < -0.4 is 4.90 Å². The lowest BCUT2D eigenvalue weighted by Gasteiger charge is -2.31. The molecule has 0 atom stereocenters. The Labute approximate surface area is 130 Å². The van der Waals surface area contributed by atoms with Crippen LogP contribution >= 0.6 is 0 Å². The number of hydrogen-bond acceptors (Lipinski definition) is 5. The third kappa shape index (κ3) is 2.73. The summed E-state index contributed by atoms with van der Waals surface area (Å²) in [4.78, 5) is 17.9. The topological polar surface area (TPSA) is 63.9 Å². The Balaban J connectivity index is 1.82. The highest BCUT2D eigenvalue weighted by Gasteiger charge is 2.17. The van der Waals surface area contributed by atoms with E-state index in [1.807, 2.05) is 19.1 Å². The zero-order chi connectivity index (χ0) is 15.5. The Hall–Kier alpha value is -2.24. The van der Waals surface area contributed by atoms with Gasteiger partial charge in [-0.2, -0.15) is 0 Å². The molecule has 22 heavy (non-hydrogen) atoms. The van der Waals surface area contributed by atoms with E-state index in [4.69, 9.17) is 0 Å². The number of anilines is 1. The molecule has 6 heteroatoms. The number of piperidine rings is 1. The van der Waals surface area contributed by atoms with E-state index in [0.717, 1.165) is 42.5 Å². The highest BCUT2D eigenvalue weighted by molar-refractivity contribution is 5.73. The fourth-order valence-electron chi connectivity index (χ4n) is 2.87. The SMILES string of the molecule is CCc1c(C=O)nnn1-c1ccc(N2CCC(C)CC2)nc1. The molecule has 0 saturated carbocycles. The molecule has 0 spiro atoms. The molecule has 0 radical (unpaired) electrons. The van der Waals surface area contributed by atoms with Gasteiger partial charge in [0.15, 0.2) is 6.29 Å². The highest BCUT2D eigenvalue weighted by Crippen LogP contribution is 2.22. The lowest BCUT2D eigenvalue weighted by molar-refractivity contribution is 0.111. The second kappa shape index (κ2) is 6.25. The van der Waals surface area contributed by atoms with Gasteiger partial charge in [-0.1, -0.05) is 19.1 Å². The van der Waals surface area contributed by atoms with Crippen molar-refractivity contribution in [2.24, 2.45) is 5.92 Å². The Morgan fingerprint density at radius 2 is 2.09 bits per heavy atom. The molecule has 0 bridgehead atoms. The summed E-state index contributed by atoms with van der Waals surface area (Å²) < 4.78 is 1.69. The number of aldehydes is 1. The number of carbonyl (C=O) groups is 1. The first-order chi connectivity index (χ1) is 10.7. The fraction of sp³-hybridized carbons (Fsp3) is 0.500. The molecule has 1 aliphatic rings. The summed E-state index contributed by atoms with van der Waals surface area (Å²) in [5.74, 6) is 1.81. The van der Waals surface area contributed by atoms with Crippen molar-refractivity contribution in [2.45, 2.75) is 33.1 Å². The first kappa shape index (κ1) is 14.7. The van der Waals surface area contributed by atoms with Crippen LogP contribution in [0.4, 0.5) is 5.82 Å². The van der Waals surface area contributed by atoms with Gasteiger partial charge in [0, 0.05) is 13.1 Å². The Bertz CT molecular complexity index is 641. The number of pyridine rings is 1. The van der Waals surface area contributed by atoms with E-state index in [0.29, 0.717) is 12.1 Å². The monoisotopic (exact) mass is 299 g/mol. The van der Waals surface area contributed by atoms with Crippen LogP contribution in [0.2, 0.25) is 0 Å². The second-order valence-corrected chi connectivity index (χ2v) is 5.85. The minimum absolute atomic E-state index is 0.400. The van der Waals surface area contributed by atoms with Gasteiger partial charge in [-0.25, -0.2) is 9.67 Å². The minimum Gasteiger partial charge on any atom is -0.357 e. The molecule has 0 N–H and O–H groups in total. The number of nitrogens with zero attached hydrogens (tertiary/aromatic N) is 5. The Morgan fingerprint density at radius 3 is 2.68 bits per heavy atom. The zero-order valence-electron chi connectivity index (χ0n) is 13.1. The molecule has 6 nitrogen and oxygen atoms in total. The number of aromatic nitrogens is 4. The van der Waals surface area contributed by atoms with E-state index >= 15 is 0 Å². The van der Waals surface area contributed by atoms with Gasteiger partial charge < -0.3 is 4.90 Å². The van der Waals surface area contributed by atoms with Gasteiger partial charge in [0.1, 0.15) is 11.5 Å². The third-order valence-corrected chi connectivity index (χ3v) is 4.32. The van der Waals surface area contributed by atoms with Gasteiger partial charge in [-0.3, -0.25) is 4.79 Å². The summed E-state index contributed by atoms with van der Waals surface area (Å²) in [5, 5.41) is 7.97. The molecule has 2 aromatic rings. The normalized spacial score (nSPS) is 16.0. The first-order valence-electron chi connectivity index (χ1n) is 7.84. The minimum atomic E-state index is 0.400. The fourth-order valence-corrected chi connectivity index (χ4v) is 2.87. The van der Waals surface area contributed by atoms with Crippen LogP contribution in [0.25, 0.3) is 5.69 Å². The molecule has 0 amide bonds. The number of carbonyl (C=O) groups excluding carboxylic acids is 1. The predicted molar refractivity (Wildman–Crippen MR) is 84.5 cm³/mol. The Morgan fingerprint density at radius 1 is 1.32 bits per heavy atom. The van der Waals surface area contributed by atoms with Gasteiger partial charge in [0.25, 0.3) is 0 Å². The molecule has 1 fully saturated rings. The summed E-state index contributed by atoms with van der Waals surface area (Å²) in [7, 11) is 0. The Kier molecular flexibility index (Phi) is 4.18. The molecule has 2 aromatic heterocycles. The van der Waals surface area contributed by atoms with Crippen LogP contribution in [0.1, 0.15) is 42.9 Å². The number of rotatable bonds is 4. The van der Waals surface area contributed by atoms with Crippen molar-refractivity contribution in [3.63, 3.8) is 0 Å². The molecule has 3 rings (SSSR count). The smallest absolute Gasteiger partial charge is 0.172 e. The average Bonchev–Trinajstić information content (AvgIpc) is 2.98. The summed E-state index contributed by atoms with van der Waals surface area (Å²) in [6.45, 7) is 6.41. The van der Waals surface area contributed by atoms with Crippen LogP contribution in [-0.2, 0) is 6.42 Å². The van der Waals surface area contributed by atoms with Gasteiger partial charge in [0.05, 0.1) is 17.6 Å². The van der Waals surface area contributed by atoms with E-state index in [1.165, 1.54) is 12.8 Å². The van der Waals surface area contributed by atoms with Crippen molar-refractivity contribution in [1.29, 1.82) is 0 Å². The van der Waals surface area contributed by atoms with Crippen molar-refractivity contribution >= 4 is 12.1 Å². The molecule has 116 valence electrons. The van der Waals surface area contributed by atoms with E-state index < -0.39 is 0 Å². The molecular weight excluding hydrogens is 278 g/mol.